The van der Waals surface area contributed by atoms with Gasteiger partial charge in [0.05, 0.1) is 28.0 Å². The molecule has 0 saturated heterocycles. The Bertz CT molecular complexity index is 1830. The Kier molecular flexibility index (Phi) is 4.44. The van der Waals surface area contributed by atoms with Crippen LogP contribution in [0.1, 0.15) is 43.7 Å². The number of hydrogen-bond donors (Lipinski definition) is 0. The Morgan fingerprint density at radius 2 is 1.23 bits per heavy atom. The smallest absolute Gasteiger partial charge is 0.308 e. The fourth-order valence-corrected chi connectivity index (χ4v) is 7.67. The van der Waals surface area contributed by atoms with Crippen LogP contribution in [-0.4, -0.2) is 5.78 Å². The summed E-state index contributed by atoms with van der Waals surface area (Å²) in [4.78, 5) is 17.4. The second-order valence-corrected chi connectivity index (χ2v) is 11.0. The molecule has 0 fully saturated rings. The predicted octanol–water partition coefficient (Wildman–Crippen LogP) is 8.88. The van der Waals surface area contributed by atoms with Gasteiger partial charge in [0.15, 0.2) is 5.78 Å². The lowest BCUT2D eigenvalue weighted by atomic mass is 9.57. The number of para-hydroxylation sites is 2. The molecule has 0 radical (unpaired) electrons. The first kappa shape index (κ1) is 22.7. The van der Waals surface area contributed by atoms with Crippen molar-refractivity contribution in [3.63, 3.8) is 0 Å². The zero-order valence-electron chi connectivity index (χ0n) is 20.3. The van der Waals surface area contributed by atoms with Crippen molar-refractivity contribution < 1.29 is 18.0 Å². The van der Waals surface area contributed by atoms with Crippen molar-refractivity contribution >= 4 is 34.6 Å². The van der Waals surface area contributed by atoms with E-state index in [-0.39, 0.29) is 5.78 Å². The summed E-state index contributed by atoms with van der Waals surface area (Å²) in [5.41, 5.74) is 5.58. The summed E-state index contributed by atoms with van der Waals surface area (Å²) in [5.74, 6) is -0.0222. The third kappa shape index (κ3) is 2.82. The number of carbonyl (C=O) groups is 1. The standard InChI is InChI=1S/C33H18F3NOS/c34-33(35,36)19-16-17-28-27(18-19)37-26-14-6-5-12-24(26)32(25-13-7-15-29(39-28)30(25)37)22-10-3-1-8-20(22)31(38)21-9-2-4-11-23(21)32/h1-18H. The number of carbonyl (C=O) groups excluding carboxylic acids is 1. The highest BCUT2D eigenvalue weighted by atomic mass is 32.2. The quantitative estimate of drug-likeness (QED) is 0.194. The van der Waals surface area contributed by atoms with Gasteiger partial charge in [0.25, 0.3) is 0 Å². The molecule has 0 amide bonds. The van der Waals surface area contributed by atoms with E-state index in [0.717, 1.165) is 49.5 Å². The van der Waals surface area contributed by atoms with Crippen LogP contribution in [0.25, 0.3) is 0 Å². The summed E-state index contributed by atoms with van der Waals surface area (Å²) >= 11 is 1.48. The number of halogens is 3. The lowest BCUT2D eigenvalue weighted by Gasteiger charge is -2.50. The van der Waals surface area contributed by atoms with Crippen LogP contribution in [0, 0.1) is 0 Å². The van der Waals surface area contributed by atoms with Gasteiger partial charge in [0.1, 0.15) is 0 Å². The minimum absolute atomic E-state index is 0.0222. The normalized spacial score (nSPS) is 15.7. The van der Waals surface area contributed by atoms with Crippen LogP contribution in [0.5, 0.6) is 0 Å². The molecule has 1 spiro atoms. The van der Waals surface area contributed by atoms with E-state index < -0.39 is 17.2 Å². The summed E-state index contributed by atoms with van der Waals surface area (Å²) in [6, 6.07) is 33.4. The molecule has 0 N–H and O–H groups in total. The molecule has 3 aliphatic rings. The second kappa shape index (κ2) is 7.64. The van der Waals surface area contributed by atoms with Gasteiger partial charge in [-0.05, 0) is 52.6 Å². The summed E-state index contributed by atoms with van der Waals surface area (Å²) < 4.78 is 41.6. The van der Waals surface area contributed by atoms with Gasteiger partial charge < -0.3 is 4.90 Å². The van der Waals surface area contributed by atoms with E-state index in [4.69, 9.17) is 0 Å². The maximum atomic E-state index is 13.9. The number of alkyl halides is 3. The van der Waals surface area contributed by atoms with Crippen LogP contribution in [0.4, 0.5) is 30.2 Å². The van der Waals surface area contributed by atoms with Gasteiger partial charge >= 0.3 is 6.18 Å². The van der Waals surface area contributed by atoms with Crippen LogP contribution in [0.3, 0.4) is 0 Å². The second-order valence-electron chi connectivity index (χ2n) is 9.96. The molecule has 2 nitrogen and oxygen atoms in total. The molecular weight excluding hydrogens is 515 g/mol. The molecule has 5 aromatic carbocycles. The Morgan fingerprint density at radius 1 is 0.615 bits per heavy atom. The number of fused-ring (bicyclic) bond motifs is 10. The van der Waals surface area contributed by atoms with E-state index in [2.05, 4.69) is 6.07 Å². The van der Waals surface area contributed by atoms with Crippen molar-refractivity contribution in [3.05, 3.63) is 148 Å². The zero-order chi connectivity index (χ0) is 26.5. The van der Waals surface area contributed by atoms with Gasteiger partial charge in [-0.15, -0.1) is 0 Å². The van der Waals surface area contributed by atoms with E-state index in [1.54, 1.807) is 6.07 Å². The molecule has 0 saturated carbocycles. The maximum absolute atomic E-state index is 13.9. The van der Waals surface area contributed by atoms with Crippen molar-refractivity contribution in [2.75, 3.05) is 4.90 Å². The van der Waals surface area contributed by atoms with Crippen molar-refractivity contribution in [2.45, 2.75) is 21.4 Å². The van der Waals surface area contributed by atoms with Gasteiger partial charge in [-0.25, -0.2) is 0 Å². The average Bonchev–Trinajstić information content (AvgIpc) is 2.96. The highest BCUT2D eigenvalue weighted by Gasteiger charge is 2.53. The molecule has 1 aliphatic carbocycles. The number of ketones is 1. The fraction of sp³-hybridized carbons (Fsp3) is 0.0606. The highest BCUT2D eigenvalue weighted by molar-refractivity contribution is 7.99. The first-order chi connectivity index (χ1) is 18.9. The molecule has 0 aromatic heterocycles. The Balaban J connectivity index is 1.54. The van der Waals surface area contributed by atoms with E-state index in [1.807, 2.05) is 89.8 Å². The summed E-state index contributed by atoms with van der Waals surface area (Å²) in [6.45, 7) is 0. The molecule has 2 heterocycles. The molecule has 0 atom stereocenters. The number of nitrogens with zero attached hydrogens (tertiary/aromatic N) is 1. The van der Waals surface area contributed by atoms with Gasteiger partial charge in [-0.1, -0.05) is 90.6 Å². The van der Waals surface area contributed by atoms with E-state index in [9.17, 15) is 18.0 Å². The van der Waals surface area contributed by atoms with Crippen LogP contribution >= 0.6 is 11.8 Å². The molecule has 2 aliphatic heterocycles. The fourth-order valence-electron chi connectivity index (χ4n) is 6.60. The molecule has 188 valence electrons. The lowest BCUT2D eigenvalue weighted by molar-refractivity contribution is -0.137. The molecule has 0 unspecified atom stereocenters. The Labute approximate surface area is 226 Å². The van der Waals surface area contributed by atoms with Crippen molar-refractivity contribution in [1.82, 2.24) is 0 Å². The van der Waals surface area contributed by atoms with E-state index >= 15 is 0 Å². The van der Waals surface area contributed by atoms with Crippen LogP contribution in [-0.2, 0) is 11.6 Å². The Morgan fingerprint density at radius 3 is 1.92 bits per heavy atom. The van der Waals surface area contributed by atoms with Gasteiger partial charge in [-0.3, -0.25) is 4.79 Å². The number of hydrogen-bond acceptors (Lipinski definition) is 3. The summed E-state index contributed by atoms with van der Waals surface area (Å²) in [5, 5.41) is 0. The maximum Gasteiger partial charge on any atom is 0.416 e. The van der Waals surface area contributed by atoms with Gasteiger partial charge in [-0.2, -0.15) is 13.2 Å². The monoisotopic (exact) mass is 533 g/mol. The van der Waals surface area contributed by atoms with Crippen LogP contribution in [0.15, 0.2) is 119 Å². The molecular formula is C33H18F3NOS. The summed E-state index contributed by atoms with van der Waals surface area (Å²) in [6.07, 6.45) is -4.46. The van der Waals surface area contributed by atoms with Gasteiger partial charge in [0.2, 0.25) is 0 Å². The van der Waals surface area contributed by atoms with E-state index in [1.165, 1.54) is 17.8 Å². The van der Waals surface area contributed by atoms with Crippen LogP contribution < -0.4 is 4.90 Å². The van der Waals surface area contributed by atoms with Crippen molar-refractivity contribution in [2.24, 2.45) is 0 Å². The number of benzene rings is 5. The minimum atomic E-state index is -4.46. The predicted molar refractivity (Wildman–Crippen MR) is 146 cm³/mol. The number of anilines is 3. The highest BCUT2D eigenvalue weighted by Crippen LogP contribution is 2.64. The van der Waals surface area contributed by atoms with E-state index in [0.29, 0.717) is 16.8 Å². The zero-order valence-corrected chi connectivity index (χ0v) is 21.1. The van der Waals surface area contributed by atoms with Gasteiger partial charge in [0, 0.05) is 20.9 Å². The molecule has 39 heavy (non-hydrogen) atoms. The Hall–Kier alpha value is -4.29. The van der Waals surface area contributed by atoms with Crippen molar-refractivity contribution in [3.8, 4) is 0 Å². The van der Waals surface area contributed by atoms with Crippen molar-refractivity contribution in [1.29, 1.82) is 0 Å². The molecule has 6 heteroatoms. The third-order valence-corrected chi connectivity index (χ3v) is 9.19. The summed E-state index contributed by atoms with van der Waals surface area (Å²) in [7, 11) is 0. The molecule has 5 aromatic rings. The third-order valence-electron chi connectivity index (χ3n) is 8.07. The first-order valence-corrected chi connectivity index (χ1v) is 13.4. The lowest BCUT2D eigenvalue weighted by Crippen LogP contribution is -2.42. The minimum Gasteiger partial charge on any atom is -0.308 e. The first-order valence-electron chi connectivity index (χ1n) is 12.6. The average molecular weight is 534 g/mol. The number of rotatable bonds is 0. The largest absolute Gasteiger partial charge is 0.416 e. The van der Waals surface area contributed by atoms with Crippen LogP contribution in [0.2, 0.25) is 0 Å². The SMILES string of the molecule is O=C1c2ccccc2C2(c3ccccc31)c1ccccc1N1c3cc(C(F)(F)F)ccc3Sc3cccc2c31. The molecule has 8 rings (SSSR count). The molecule has 0 bridgehead atoms. The topological polar surface area (TPSA) is 20.3 Å².